The Morgan fingerprint density at radius 1 is 1.26 bits per heavy atom. The molecule has 1 aromatic heterocycles. The predicted octanol–water partition coefficient (Wildman–Crippen LogP) is 6.15. The van der Waals surface area contributed by atoms with Gasteiger partial charge in [0.15, 0.2) is 5.82 Å². The summed E-state index contributed by atoms with van der Waals surface area (Å²) in [7, 11) is 1.62. The molecule has 1 N–H and O–H groups in total. The van der Waals surface area contributed by atoms with Crippen LogP contribution in [0.25, 0.3) is 11.3 Å². The molecule has 0 saturated carbocycles. The van der Waals surface area contributed by atoms with Gasteiger partial charge in [-0.1, -0.05) is 23.7 Å². The van der Waals surface area contributed by atoms with E-state index in [4.69, 9.17) is 16.3 Å². The molecule has 0 atom stereocenters. The third-order valence-corrected chi connectivity index (χ3v) is 5.16. The fourth-order valence-corrected chi connectivity index (χ4v) is 3.55. The Balaban J connectivity index is 1.89. The zero-order chi connectivity index (χ0) is 19.6. The Hall–Kier alpha value is -1.80. The summed E-state index contributed by atoms with van der Waals surface area (Å²) < 4.78 is 23.0. The highest BCUT2D eigenvalue weighted by Crippen LogP contribution is 2.34. The van der Waals surface area contributed by atoms with Crippen molar-refractivity contribution in [1.29, 1.82) is 0 Å². The molecule has 3 rings (SSSR count). The number of nitrogens with zero attached hydrogens (tertiary/aromatic N) is 2. The van der Waals surface area contributed by atoms with Crippen LogP contribution >= 0.6 is 34.2 Å². The standard InChI is InChI=1S/C20H20ClFIN3O/c1-12(2)26-11-17(23)20(25-26)16-8-14(21)9-18(19(16)22)24-10-13-4-6-15(27-3)7-5-13/h4-9,11-12,24H,10H2,1-3H3. The number of halogens is 3. The van der Waals surface area contributed by atoms with Crippen molar-refractivity contribution in [3.63, 3.8) is 0 Å². The molecule has 4 nitrogen and oxygen atoms in total. The molecule has 0 aliphatic heterocycles. The number of ether oxygens (including phenoxy) is 1. The summed E-state index contributed by atoms with van der Waals surface area (Å²) in [6.07, 6.45) is 1.91. The summed E-state index contributed by atoms with van der Waals surface area (Å²) in [6, 6.07) is 11.0. The Bertz CT molecular complexity index is 941. The molecule has 3 aromatic rings. The van der Waals surface area contributed by atoms with Crippen LogP contribution in [0.15, 0.2) is 42.6 Å². The molecule has 0 fully saturated rings. The minimum Gasteiger partial charge on any atom is -0.497 e. The fraction of sp³-hybridized carbons (Fsp3) is 0.250. The zero-order valence-electron chi connectivity index (χ0n) is 15.3. The first-order chi connectivity index (χ1) is 12.9. The van der Waals surface area contributed by atoms with Crippen LogP contribution in [0.5, 0.6) is 5.75 Å². The highest BCUT2D eigenvalue weighted by molar-refractivity contribution is 14.1. The molecule has 142 valence electrons. The van der Waals surface area contributed by atoms with Crippen molar-refractivity contribution < 1.29 is 9.13 Å². The first-order valence-corrected chi connectivity index (χ1v) is 9.95. The summed E-state index contributed by atoms with van der Waals surface area (Å²) in [6.45, 7) is 4.53. The molecule has 7 heteroatoms. The minimum atomic E-state index is -0.361. The Morgan fingerprint density at radius 2 is 1.96 bits per heavy atom. The van der Waals surface area contributed by atoms with Gasteiger partial charge >= 0.3 is 0 Å². The molecule has 0 aliphatic rings. The van der Waals surface area contributed by atoms with Gasteiger partial charge in [-0.2, -0.15) is 5.10 Å². The first kappa shape index (κ1) is 19.9. The number of rotatable bonds is 6. The van der Waals surface area contributed by atoms with Crippen molar-refractivity contribution in [2.45, 2.75) is 26.4 Å². The number of hydrogen-bond acceptors (Lipinski definition) is 3. The maximum atomic E-state index is 15.2. The van der Waals surface area contributed by atoms with Gasteiger partial charge in [-0.15, -0.1) is 0 Å². The van der Waals surface area contributed by atoms with Crippen molar-refractivity contribution >= 4 is 39.9 Å². The summed E-state index contributed by atoms with van der Waals surface area (Å²) in [5, 5.41) is 8.12. The second kappa shape index (κ2) is 8.48. The molecule has 0 bridgehead atoms. The van der Waals surface area contributed by atoms with Crippen LogP contribution < -0.4 is 10.1 Å². The van der Waals surface area contributed by atoms with Crippen molar-refractivity contribution in [3.8, 4) is 17.0 Å². The average Bonchev–Trinajstić information content (AvgIpc) is 3.04. The Kier molecular flexibility index (Phi) is 6.26. The van der Waals surface area contributed by atoms with Crippen LogP contribution in [0, 0.1) is 9.39 Å². The van der Waals surface area contributed by atoms with Gasteiger partial charge in [0.1, 0.15) is 11.4 Å². The predicted molar refractivity (Wildman–Crippen MR) is 116 cm³/mol. The monoisotopic (exact) mass is 499 g/mol. The van der Waals surface area contributed by atoms with Crippen molar-refractivity contribution in [2.75, 3.05) is 12.4 Å². The molecule has 0 radical (unpaired) electrons. The number of methoxy groups -OCH3 is 1. The smallest absolute Gasteiger partial charge is 0.155 e. The number of aromatic nitrogens is 2. The van der Waals surface area contributed by atoms with Gasteiger partial charge in [0.05, 0.1) is 16.4 Å². The van der Waals surface area contributed by atoms with E-state index in [9.17, 15) is 0 Å². The highest BCUT2D eigenvalue weighted by atomic mass is 127. The van der Waals surface area contributed by atoms with E-state index in [0.29, 0.717) is 28.5 Å². The topological polar surface area (TPSA) is 39.1 Å². The summed E-state index contributed by atoms with van der Waals surface area (Å²) in [5.74, 6) is 0.421. The van der Waals surface area contributed by atoms with E-state index in [2.05, 4.69) is 33.0 Å². The Morgan fingerprint density at radius 3 is 2.56 bits per heavy atom. The number of benzene rings is 2. The van der Waals surface area contributed by atoms with Crippen LogP contribution in [-0.4, -0.2) is 16.9 Å². The molecule has 0 spiro atoms. The van der Waals surface area contributed by atoms with E-state index >= 15 is 4.39 Å². The van der Waals surface area contributed by atoms with E-state index in [-0.39, 0.29) is 11.9 Å². The largest absolute Gasteiger partial charge is 0.497 e. The van der Waals surface area contributed by atoms with Crippen LogP contribution in [0.4, 0.5) is 10.1 Å². The first-order valence-electron chi connectivity index (χ1n) is 8.50. The lowest BCUT2D eigenvalue weighted by molar-refractivity contribution is 0.414. The van der Waals surface area contributed by atoms with Gasteiger partial charge < -0.3 is 10.1 Å². The van der Waals surface area contributed by atoms with Crippen molar-refractivity contribution in [2.24, 2.45) is 0 Å². The molecular weight excluding hydrogens is 480 g/mol. The highest BCUT2D eigenvalue weighted by Gasteiger charge is 2.18. The van der Waals surface area contributed by atoms with Gasteiger partial charge in [-0.25, -0.2) is 4.39 Å². The molecule has 0 amide bonds. The SMILES string of the molecule is COc1ccc(CNc2cc(Cl)cc(-c3nn(C(C)C)cc3I)c2F)cc1. The van der Waals surface area contributed by atoms with Gasteiger partial charge in [-0.05, 0) is 66.3 Å². The number of hydrogen-bond donors (Lipinski definition) is 1. The zero-order valence-corrected chi connectivity index (χ0v) is 18.2. The minimum absolute atomic E-state index is 0.196. The lowest BCUT2D eigenvalue weighted by Gasteiger charge is -2.12. The summed E-state index contributed by atoms with van der Waals surface area (Å²) in [4.78, 5) is 0. The van der Waals surface area contributed by atoms with E-state index in [1.807, 2.05) is 49.0 Å². The van der Waals surface area contributed by atoms with Gasteiger partial charge in [0.25, 0.3) is 0 Å². The van der Waals surface area contributed by atoms with E-state index in [0.717, 1.165) is 14.9 Å². The van der Waals surface area contributed by atoms with Crippen LogP contribution in [0.1, 0.15) is 25.5 Å². The fourth-order valence-electron chi connectivity index (χ4n) is 2.65. The van der Waals surface area contributed by atoms with E-state index in [1.165, 1.54) is 0 Å². The average molecular weight is 500 g/mol. The van der Waals surface area contributed by atoms with Crippen molar-refractivity contribution in [3.05, 3.63) is 62.6 Å². The van der Waals surface area contributed by atoms with Gasteiger partial charge in [-0.3, -0.25) is 4.68 Å². The summed E-state index contributed by atoms with van der Waals surface area (Å²) in [5.41, 5.74) is 2.35. The molecule has 1 heterocycles. The lowest BCUT2D eigenvalue weighted by atomic mass is 10.1. The van der Waals surface area contributed by atoms with E-state index in [1.54, 1.807) is 19.2 Å². The molecule has 2 aromatic carbocycles. The Labute approximate surface area is 176 Å². The quantitative estimate of drug-likeness (QED) is 0.414. The molecular formula is C20H20ClFIN3O. The van der Waals surface area contributed by atoms with E-state index < -0.39 is 0 Å². The van der Waals surface area contributed by atoms with Gasteiger partial charge in [0, 0.05) is 29.4 Å². The molecule has 27 heavy (non-hydrogen) atoms. The van der Waals surface area contributed by atoms with Gasteiger partial charge in [0.2, 0.25) is 0 Å². The molecule has 0 aliphatic carbocycles. The van der Waals surface area contributed by atoms with Crippen molar-refractivity contribution in [1.82, 2.24) is 9.78 Å². The third-order valence-electron chi connectivity index (χ3n) is 4.15. The van der Waals surface area contributed by atoms with Crippen LogP contribution in [0.3, 0.4) is 0 Å². The summed E-state index contributed by atoms with van der Waals surface area (Å²) >= 11 is 8.42. The van der Waals surface area contributed by atoms with Crippen LogP contribution in [-0.2, 0) is 6.54 Å². The second-order valence-electron chi connectivity index (χ2n) is 6.42. The maximum Gasteiger partial charge on any atom is 0.155 e. The third kappa shape index (κ3) is 4.55. The number of nitrogens with one attached hydrogen (secondary N) is 1. The normalized spacial score (nSPS) is 11.1. The second-order valence-corrected chi connectivity index (χ2v) is 8.01. The molecule has 0 saturated heterocycles. The van der Waals surface area contributed by atoms with Crippen LogP contribution in [0.2, 0.25) is 5.02 Å². The maximum absolute atomic E-state index is 15.2. The number of anilines is 1. The molecule has 0 unspecified atom stereocenters. The lowest BCUT2D eigenvalue weighted by Crippen LogP contribution is -2.04.